The largest absolute Gasteiger partial charge is 0.396 e. The molecule has 3 rings (SSSR count). The van der Waals surface area contributed by atoms with Gasteiger partial charge in [-0.15, -0.1) is 0 Å². The molecule has 1 aliphatic rings. The van der Waals surface area contributed by atoms with Crippen molar-refractivity contribution in [1.82, 2.24) is 0 Å². The standard InChI is InChI=1S/C18H20O4/c19-8-12(9-20)13-5-3-6-15-14-4-1-2-7-16(14)18(10-21,11-22)17(13)15/h1-7,12,19-22H,8-11H2. The molecule has 0 unspecified atom stereocenters. The molecular weight excluding hydrogens is 280 g/mol. The molecule has 0 aliphatic heterocycles. The third-order valence-corrected chi connectivity index (χ3v) is 4.73. The van der Waals surface area contributed by atoms with Gasteiger partial charge in [-0.25, -0.2) is 0 Å². The molecule has 22 heavy (non-hydrogen) atoms. The van der Waals surface area contributed by atoms with E-state index in [0.717, 1.165) is 27.8 Å². The third kappa shape index (κ3) is 1.92. The summed E-state index contributed by atoms with van der Waals surface area (Å²) in [5.74, 6) is -0.429. The van der Waals surface area contributed by atoms with Crippen LogP contribution < -0.4 is 0 Å². The summed E-state index contributed by atoms with van der Waals surface area (Å²) in [6, 6.07) is 13.4. The molecule has 116 valence electrons. The lowest BCUT2D eigenvalue weighted by Crippen LogP contribution is -2.35. The average Bonchev–Trinajstić information content (AvgIpc) is 2.87. The summed E-state index contributed by atoms with van der Waals surface area (Å²) in [6.07, 6.45) is 0. The maximum Gasteiger partial charge on any atom is 0.0678 e. The van der Waals surface area contributed by atoms with Crippen LogP contribution in [0.3, 0.4) is 0 Å². The molecule has 0 aromatic heterocycles. The van der Waals surface area contributed by atoms with Gasteiger partial charge >= 0.3 is 0 Å². The lowest BCUT2D eigenvalue weighted by molar-refractivity contribution is 0.142. The second-order valence-corrected chi connectivity index (χ2v) is 5.78. The van der Waals surface area contributed by atoms with Crippen molar-refractivity contribution in [3.8, 4) is 11.1 Å². The second-order valence-electron chi connectivity index (χ2n) is 5.78. The molecule has 4 heteroatoms. The highest BCUT2D eigenvalue weighted by Crippen LogP contribution is 2.51. The molecular formula is C18H20O4. The van der Waals surface area contributed by atoms with Crippen LogP contribution in [-0.4, -0.2) is 46.9 Å². The highest BCUT2D eigenvalue weighted by atomic mass is 16.3. The first-order valence-electron chi connectivity index (χ1n) is 7.40. The SMILES string of the molecule is OCC(CO)c1cccc2c1C(CO)(CO)c1ccccc1-2. The highest BCUT2D eigenvalue weighted by Gasteiger charge is 2.44. The quantitative estimate of drug-likeness (QED) is 0.664. The van der Waals surface area contributed by atoms with Gasteiger partial charge in [0.1, 0.15) is 0 Å². The summed E-state index contributed by atoms with van der Waals surface area (Å²) >= 11 is 0. The molecule has 0 saturated heterocycles. The minimum absolute atomic E-state index is 0.184. The molecule has 4 N–H and O–H groups in total. The van der Waals surface area contributed by atoms with Crippen LogP contribution >= 0.6 is 0 Å². The van der Waals surface area contributed by atoms with Crippen LogP contribution in [0.25, 0.3) is 11.1 Å². The molecule has 0 bridgehead atoms. The lowest BCUT2D eigenvalue weighted by atomic mass is 9.75. The van der Waals surface area contributed by atoms with Crippen LogP contribution in [0.4, 0.5) is 0 Å². The first-order chi connectivity index (χ1) is 10.7. The van der Waals surface area contributed by atoms with E-state index in [1.165, 1.54) is 0 Å². The molecule has 0 atom stereocenters. The topological polar surface area (TPSA) is 80.9 Å². The van der Waals surface area contributed by atoms with E-state index in [-0.39, 0.29) is 26.4 Å². The summed E-state index contributed by atoms with van der Waals surface area (Å²) in [7, 11) is 0. The van der Waals surface area contributed by atoms with Gasteiger partial charge in [-0.05, 0) is 27.8 Å². The zero-order chi connectivity index (χ0) is 15.7. The predicted molar refractivity (Wildman–Crippen MR) is 83.7 cm³/mol. The number of hydrogen-bond donors (Lipinski definition) is 4. The van der Waals surface area contributed by atoms with Crippen molar-refractivity contribution in [2.24, 2.45) is 0 Å². The normalized spacial score (nSPS) is 15.0. The predicted octanol–water partition coefficient (Wildman–Crippen LogP) is 1.01. The van der Waals surface area contributed by atoms with E-state index in [1.807, 2.05) is 42.5 Å². The van der Waals surface area contributed by atoms with Gasteiger partial charge in [0, 0.05) is 5.92 Å². The van der Waals surface area contributed by atoms with E-state index in [0.29, 0.717) is 0 Å². The van der Waals surface area contributed by atoms with Gasteiger partial charge in [0.2, 0.25) is 0 Å². The monoisotopic (exact) mass is 300 g/mol. The van der Waals surface area contributed by atoms with E-state index >= 15 is 0 Å². The Kier molecular flexibility index (Phi) is 4.02. The fourth-order valence-electron chi connectivity index (χ4n) is 3.57. The summed E-state index contributed by atoms with van der Waals surface area (Å²) in [5, 5.41) is 39.3. The number of fused-ring (bicyclic) bond motifs is 3. The Bertz CT molecular complexity index is 673. The van der Waals surface area contributed by atoms with Gasteiger partial charge in [0.25, 0.3) is 0 Å². The van der Waals surface area contributed by atoms with E-state index in [2.05, 4.69) is 0 Å². The summed E-state index contributed by atoms with van der Waals surface area (Å²) in [4.78, 5) is 0. The van der Waals surface area contributed by atoms with Gasteiger partial charge in [-0.2, -0.15) is 0 Å². The lowest BCUT2D eigenvalue weighted by Gasteiger charge is -2.31. The first-order valence-corrected chi connectivity index (χ1v) is 7.40. The van der Waals surface area contributed by atoms with Crippen molar-refractivity contribution >= 4 is 0 Å². The molecule has 1 aliphatic carbocycles. The molecule has 4 nitrogen and oxygen atoms in total. The summed E-state index contributed by atoms with van der Waals surface area (Å²) in [5.41, 5.74) is 3.51. The fourth-order valence-corrected chi connectivity index (χ4v) is 3.57. The van der Waals surface area contributed by atoms with E-state index < -0.39 is 11.3 Å². The molecule has 0 saturated carbocycles. The number of benzene rings is 2. The molecule has 0 heterocycles. The number of hydrogen-bond acceptors (Lipinski definition) is 4. The number of aliphatic hydroxyl groups is 4. The van der Waals surface area contributed by atoms with E-state index in [1.54, 1.807) is 0 Å². The van der Waals surface area contributed by atoms with E-state index in [9.17, 15) is 20.4 Å². The van der Waals surface area contributed by atoms with Crippen LogP contribution in [0.1, 0.15) is 22.6 Å². The van der Waals surface area contributed by atoms with Gasteiger partial charge < -0.3 is 20.4 Å². The van der Waals surface area contributed by atoms with Crippen molar-refractivity contribution in [2.45, 2.75) is 11.3 Å². The Balaban J connectivity index is 2.34. The van der Waals surface area contributed by atoms with Crippen molar-refractivity contribution < 1.29 is 20.4 Å². The molecule has 2 aromatic rings. The third-order valence-electron chi connectivity index (χ3n) is 4.73. The first kappa shape index (κ1) is 15.2. The zero-order valence-corrected chi connectivity index (χ0v) is 12.2. The Morgan fingerprint density at radius 3 is 2.05 bits per heavy atom. The molecule has 0 spiro atoms. The van der Waals surface area contributed by atoms with Crippen LogP contribution in [-0.2, 0) is 5.41 Å². The number of aliphatic hydroxyl groups excluding tert-OH is 4. The Labute approximate surface area is 129 Å². The van der Waals surface area contributed by atoms with Crippen LogP contribution in [0.15, 0.2) is 42.5 Å². The number of rotatable bonds is 5. The smallest absolute Gasteiger partial charge is 0.0678 e. The minimum Gasteiger partial charge on any atom is -0.396 e. The van der Waals surface area contributed by atoms with Gasteiger partial charge in [-0.1, -0.05) is 42.5 Å². The van der Waals surface area contributed by atoms with Gasteiger partial charge in [0.15, 0.2) is 0 Å². The molecule has 2 aromatic carbocycles. The summed E-state index contributed by atoms with van der Waals surface area (Å²) in [6.45, 7) is -0.825. The Hall–Kier alpha value is -1.72. The van der Waals surface area contributed by atoms with Crippen LogP contribution in [0.2, 0.25) is 0 Å². The molecule has 0 radical (unpaired) electrons. The molecule has 0 fully saturated rings. The van der Waals surface area contributed by atoms with Gasteiger partial charge in [-0.3, -0.25) is 0 Å². The average molecular weight is 300 g/mol. The highest BCUT2D eigenvalue weighted by molar-refractivity contribution is 5.82. The fraction of sp³-hybridized carbons (Fsp3) is 0.333. The maximum atomic E-state index is 10.1. The van der Waals surface area contributed by atoms with Crippen molar-refractivity contribution in [1.29, 1.82) is 0 Å². The Morgan fingerprint density at radius 2 is 1.41 bits per heavy atom. The zero-order valence-electron chi connectivity index (χ0n) is 12.2. The molecule has 0 amide bonds. The minimum atomic E-state index is -0.898. The van der Waals surface area contributed by atoms with E-state index in [4.69, 9.17) is 0 Å². The van der Waals surface area contributed by atoms with Crippen LogP contribution in [0.5, 0.6) is 0 Å². The van der Waals surface area contributed by atoms with Crippen molar-refractivity contribution in [2.75, 3.05) is 26.4 Å². The van der Waals surface area contributed by atoms with Crippen molar-refractivity contribution in [3.05, 3.63) is 59.2 Å². The maximum absolute atomic E-state index is 10.1. The van der Waals surface area contributed by atoms with Crippen LogP contribution in [0, 0.1) is 0 Å². The second kappa shape index (κ2) is 5.82. The Morgan fingerprint density at radius 1 is 0.773 bits per heavy atom. The van der Waals surface area contributed by atoms with Crippen molar-refractivity contribution in [3.63, 3.8) is 0 Å². The summed E-state index contributed by atoms with van der Waals surface area (Å²) < 4.78 is 0. The van der Waals surface area contributed by atoms with Gasteiger partial charge in [0.05, 0.1) is 31.8 Å².